The standard InChI is InChI=1S/C14H19ClFNO/c15-12-6-11(7-13(16)8-12)9-17-10-14(18)4-2-1-3-5-14/h6-8,17-18H,1-5,9-10H2. The van der Waals surface area contributed by atoms with Crippen molar-refractivity contribution in [2.24, 2.45) is 0 Å². The van der Waals surface area contributed by atoms with Crippen LogP contribution in [-0.4, -0.2) is 17.3 Å². The summed E-state index contributed by atoms with van der Waals surface area (Å²) in [6, 6.07) is 4.49. The summed E-state index contributed by atoms with van der Waals surface area (Å²) in [4.78, 5) is 0. The van der Waals surface area contributed by atoms with Gasteiger partial charge in [-0.05, 0) is 36.6 Å². The number of nitrogens with one attached hydrogen (secondary N) is 1. The van der Waals surface area contributed by atoms with Crippen molar-refractivity contribution in [3.8, 4) is 0 Å². The van der Waals surface area contributed by atoms with Crippen LogP contribution in [0.15, 0.2) is 18.2 Å². The Hall–Kier alpha value is -0.640. The lowest BCUT2D eigenvalue weighted by molar-refractivity contribution is 0.00467. The van der Waals surface area contributed by atoms with Crippen molar-refractivity contribution in [2.45, 2.75) is 44.2 Å². The summed E-state index contributed by atoms with van der Waals surface area (Å²) in [5.41, 5.74) is 0.217. The van der Waals surface area contributed by atoms with Gasteiger partial charge in [-0.1, -0.05) is 30.9 Å². The van der Waals surface area contributed by atoms with Crippen LogP contribution >= 0.6 is 11.6 Å². The fourth-order valence-electron chi connectivity index (χ4n) is 2.54. The third-order valence-electron chi connectivity index (χ3n) is 3.49. The zero-order valence-electron chi connectivity index (χ0n) is 10.4. The molecule has 4 heteroatoms. The molecular weight excluding hydrogens is 253 g/mol. The van der Waals surface area contributed by atoms with Crippen molar-refractivity contribution in [1.82, 2.24) is 5.32 Å². The lowest BCUT2D eigenvalue weighted by Gasteiger charge is -2.32. The molecule has 2 rings (SSSR count). The van der Waals surface area contributed by atoms with E-state index in [-0.39, 0.29) is 5.82 Å². The van der Waals surface area contributed by atoms with Crippen molar-refractivity contribution in [2.75, 3.05) is 6.54 Å². The number of hydrogen-bond donors (Lipinski definition) is 2. The van der Waals surface area contributed by atoms with Crippen LogP contribution in [0.25, 0.3) is 0 Å². The van der Waals surface area contributed by atoms with E-state index >= 15 is 0 Å². The molecule has 0 amide bonds. The van der Waals surface area contributed by atoms with Gasteiger partial charge in [0.2, 0.25) is 0 Å². The predicted octanol–water partition coefficient (Wildman–Crippen LogP) is 3.26. The summed E-state index contributed by atoms with van der Waals surface area (Å²) in [6.45, 7) is 1.08. The van der Waals surface area contributed by atoms with Crippen LogP contribution in [0.1, 0.15) is 37.7 Å². The molecule has 1 aromatic carbocycles. The minimum atomic E-state index is -0.588. The number of hydrogen-bond acceptors (Lipinski definition) is 2. The van der Waals surface area contributed by atoms with Gasteiger partial charge in [-0.15, -0.1) is 0 Å². The number of aliphatic hydroxyl groups is 1. The van der Waals surface area contributed by atoms with Gasteiger partial charge < -0.3 is 10.4 Å². The molecule has 0 aliphatic heterocycles. The van der Waals surface area contributed by atoms with Crippen LogP contribution in [0.4, 0.5) is 4.39 Å². The van der Waals surface area contributed by atoms with E-state index in [0.717, 1.165) is 31.2 Å². The third kappa shape index (κ3) is 3.94. The minimum absolute atomic E-state index is 0.323. The van der Waals surface area contributed by atoms with Gasteiger partial charge in [-0.3, -0.25) is 0 Å². The van der Waals surface area contributed by atoms with Crippen molar-refractivity contribution in [3.63, 3.8) is 0 Å². The molecular formula is C14H19ClFNO. The normalized spacial score (nSPS) is 18.8. The molecule has 100 valence electrons. The van der Waals surface area contributed by atoms with Crippen LogP contribution < -0.4 is 5.32 Å². The summed E-state index contributed by atoms with van der Waals surface area (Å²) in [6.07, 6.45) is 5.09. The van der Waals surface area contributed by atoms with Gasteiger partial charge in [-0.2, -0.15) is 0 Å². The molecule has 1 fully saturated rings. The first kappa shape index (κ1) is 13.8. The van der Waals surface area contributed by atoms with E-state index < -0.39 is 5.60 Å². The zero-order valence-corrected chi connectivity index (χ0v) is 11.1. The summed E-state index contributed by atoms with van der Waals surface area (Å²) < 4.78 is 13.1. The van der Waals surface area contributed by atoms with E-state index in [4.69, 9.17) is 11.6 Å². The van der Waals surface area contributed by atoms with Gasteiger partial charge in [-0.25, -0.2) is 4.39 Å². The summed E-state index contributed by atoms with van der Waals surface area (Å²) >= 11 is 5.79. The zero-order chi connectivity index (χ0) is 13.0. The fraction of sp³-hybridized carbons (Fsp3) is 0.571. The molecule has 0 radical (unpaired) electrons. The van der Waals surface area contributed by atoms with E-state index in [1.54, 1.807) is 6.07 Å². The Labute approximate surface area is 112 Å². The molecule has 0 unspecified atom stereocenters. The molecule has 2 nitrogen and oxygen atoms in total. The van der Waals surface area contributed by atoms with Crippen molar-refractivity contribution < 1.29 is 9.50 Å². The molecule has 1 aliphatic carbocycles. The van der Waals surface area contributed by atoms with Gasteiger partial charge in [0.15, 0.2) is 0 Å². The second-order valence-corrected chi connectivity index (χ2v) is 5.60. The van der Waals surface area contributed by atoms with Gasteiger partial charge in [0.25, 0.3) is 0 Å². The Balaban J connectivity index is 1.84. The van der Waals surface area contributed by atoms with Crippen molar-refractivity contribution >= 4 is 11.6 Å². The van der Waals surface area contributed by atoms with Crippen molar-refractivity contribution in [1.29, 1.82) is 0 Å². The highest BCUT2D eigenvalue weighted by Crippen LogP contribution is 2.27. The smallest absolute Gasteiger partial charge is 0.125 e. The van der Waals surface area contributed by atoms with E-state index in [2.05, 4.69) is 5.32 Å². The molecule has 1 aromatic rings. The predicted molar refractivity (Wildman–Crippen MR) is 71.2 cm³/mol. The Morgan fingerprint density at radius 2 is 1.94 bits per heavy atom. The maximum absolute atomic E-state index is 13.1. The molecule has 1 aliphatic rings. The topological polar surface area (TPSA) is 32.3 Å². The van der Waals surface area contributed by atoms with Gasteiger partial charge >= 0.3 is 0 Å². The minimum Gasteiger partial charge on any atom is -0.389 e. The number of rotatable bonds is 4. The van der Waals surface area contributed by atoms with Crippen LogP contribution in [0, 0.1) is 5.82 Å². The second kappa shape index (κ2) is 6.00. The molecule has 1 saturated carbocycles. The highest BCUT2D eigenvalue weighted by atomic mass is 35.5. The lowest BCUT2D eigenvalue weighted by Crippen LogP contribution is -2.41. The first-order valence-corrected chi connectivity index (χ1v) is 6.83. The molecule has 2 N–H and O–H groups in total. The monoisotopic (exact) mass is 271 g/mol. The lowest BCUT2D eigenvalue weighted by atomic mass is 9.85. The van der Waals surface area contributed by atoms with Crippen LogP contribution in [0.3, 0.4) is 0 Å². The van der Waals surface area contributed by atoms with Crippen LogP contribution in [-0.2, 0) is 6.54 Å². The highest BCUT2D eigenvalue weighted by molar-refractivity contribution is 6.30. The maximum atomic E-state index is 13.1. The average molecular weight is 272 g/mol. The fourth-order valence-corrected chi connectivity index (χ4v) is 2.78. The summed E-state index contributed by atoms with van der Waals surface area (Å²) in [7, 11) is 0. The molecule has 0 saturated heterocycles. The first-order chi connectivity index (χ1) is 8.57. The Morgan fingerprint density at radius 1 is 1.22 bits per heavy atom. The van der Waals surface area contributed by atoms with Crippen LogP contribution in [0.5, 0.6) is 0 Å². The quantitative estimate of drug-likeness (QED) is 0.881. The molecule has 0 bridgehead atoms. The second-order valence-electron chi connectivity index (χ2n) is 5.17. The van der Waals surface area contributed by atoms with Gasteiger partial charge in [0.05, 0.1) is 5.60 Å². The molecule has 0 atom stereocenters. The number of benzene rings is 1. The largest absolute Gasteiger partial charge is 0.389 e. The van der Waals surface area contributed by atoms with E-state index in [9.17, 15) is 9.50 Å². The van der Waals surface area contributed by atoms with Gasteiger partial charge in [0.1, 0.15) is 5.82 Å². The summed E-state index contributed by atoms with van der Waals surface area (Å²) in [5.74, 6) is -0.323. The highest BCUT2D eigenvalue weighted by Gasteiger charge is 2.28. The van der Waals surface area contributed by atoms with Crippen molar-refractivity contribution in [3.05, 3.63) is 34.6 Å². The molecule has 18 heavy (non-hydrogen) atoms. The third-order valence-corrected chi connectivity index (χ3v) is 3.71. The summed E-state index contributed by atoms with van der Waals surface area (Å²) in [5, 5.41) is 13.9. The molecule has 0 heterocycles. The van der Waals surface area contributed by atoms with E-state index in [1.165, 1.54) is 18.6 Å². The van der Waals surface area contributed by atoms with Gasteiger partial charge in [0, 0.05) is 18.1 Å². The average Bonchev–Trinajstić information content (AvgIpc) is 2.28. The van der Waals surface area contributed by atoms with Crippen LogP contribution in [0.2, 0.25) is 5.02 Å². The maximum Gasteiger partial charge on any atom is 0.125 e. The Morgan fingerprint density at radius 3 is 2.61 bits per heavy atom. The Kier molecular flexibility index (Phi) is 4.60. The van der Waals surface area contributed by atoms with E-state index in [1.807, 2.05) is 0 Å². The SMILES string of the molecule is OC1(CNCc2cc(F)cc(Cl)c2)CCCCC1. The van der Waals surface area contributed by atoms with E-state index in [0.29, 0.717) is 18.1 Å². The first-order valence-electron chi connectivity index (χ1n) is 6.45. The molecule has 0 aromatic heterocycles. The Bertz CT molecular complexity index is 385. The number of halogens is 2. The molecule has 0 spiro atoms.